The van der Waals surface area contributed by atoms with E-state index in [1.54, 1.807) is 12.2 Å². The van der Waals surface area contributed by atoms with Gasteiger partial charge < -0.3 is 43.0 Å². The van der Waals surface area contributed by atoms with E-state index in [0.717, 1.165) is 12.2 Å². The number of hydrogen-bond acceptors (Lipinski definition) is 17. The molecule has 19 nitrogen and oxygen atoms in total. The summed E-state index contributed by atoms with van der Waals surface area (Å²) < 4.78 is 545. The zero-order valence-corrected chi connectivity index (χ0v) is 62.1. The first kappa shape index (κ1) is 117. The van der Waals surface area contributed by atoms with Crippen LogP contribution in [0.2, 0.25) is 0 Å². The summed E-state index contributed by atoms with van der Waals surface area (Å²) in [5.41, 5.74) is -2.61. The first-order chi connectivity index (χ1) is 53.2. The highest BCUT2D eigenvalue weighted by molar-refractivity contribution is 5.82. The fraction of sp³-hybridized carbons (Fsp3) is 0.823. The maximum absolute atomic E-state index is 15.2. The molecule has 0 atom stereocenters. The summed E-state index contributed by atoms with van der Waals surface area (Å²) in [6.07, 6.45) is -82.1. The van der Waals surface area contributed by atoms with Crippen LogP contribution in [0.1, 0.15) is 91.9 Å². The van der Waals surface area contributed by atoms with Crippen LogP contribution >= 0.6 is 0 Å². The second kappa shape index (κ2) is 48.6. The Balaban J connectivity index is -0.00000215. The highest BCUT2D eigenvalue weighted by atomic mass is 19.4. The molecule has 706 valence electrons. The van der Waals surface area contributed by atoms with Crippen molar-refractivity contribution in [3.8, 4) is 0 Å². The highest BCUT2D eigenvalue weighted by Gasteiger charge is 2.65. The van der Waals surface area contributed by atoms with Gasteiger partial charge in [0.25, 0.3) is 0 Å². The van der Waals surface area contributed by atoms with E-state index in [4.69, 9.17) is 4.74 Å². The van der Waals surface area contributed by atoms with Crippen molar-refractivity contribution in [3.63, 3.8) is 0 Å². The Kier molecular flexibility index (Phi) is 48.0. The van der Waals surface area contributed by atoms with Gasteiger partial charge in [0.1, 0.15) is 59.5 Å². The number of rotatable bonds is 62. The molecule has 0 bridgehead atoms. The highest BCUT2D eigenvalue weighted by Crippen LogP contribution is 2.44. The SMILES string of the molecule is C=CCC(CC=C)(CCCCOCC(F)(F)OC(C)(F)F)CCCCOCC(F)(F)OC(F)(F)C(F)(F)F.C=CCC(CC=C)(CN(CCOCC(F)(F)OC(C)(F)F)C(=O)COCC(F)(F)OC(C)(F)F)CN(CCOCC(F)(F)OC(F)(F)C(F)(F)F)C(=O)C(F)(F)OC(F)(F)COCC(F)(F)F.CCOCC(F)(F)OC(F)(F)C(=O)F. The Hall–Kier alpha value is -5.65. The Morgan fingerprint density at radius 3 is 0.933 bits per heavy atom. The number of nitrogens with zero attached hydrogens (tertiary/aromatic N) is 2. The summed E-state index contributed by atoms with van der Waals surface area (Å²) in [6.45, 7) is -11.7. The Morgan fingerprint density at radius 1 is 0.328 bits per heavy atom. The van der Waals surface area contributed by atoms with Crippen LogP contribution in [0.3, 0.4) is 0 Å². The maximum atomic E-state index is 15.2. The minimum atomic E-state index is -6.74. The third-order valence-corrected chi connectivity index (χ3v) is 13.3. The van der Waals surface area contributed by atoms with E-state index in [-0.39, 0.29) is 57.3 Å². The normalized spacial score (nSPS) is 14.1. The largest absolute Gasteiger partial charge is 0.483 e. The van der Waals surface area contributed by atoms with Gasteiger partial charge in [0.05, 0.1) is 13.2 Å². The second-order valence-corrected chi connectivity index (χ2v) is 24.8. The van der Waals surface area contributed by atoms with Gasteiger partial charge in [-0.3, -0.25) is 28.6 Å². The lowest BCUT2D eigenvalue weighted by Gasteiger charge is -2.41. The summed E-state index contributed by atoms with van der Waals surface area (Å²) in [6, 6.07) is -3.28. The first-order valence-electron chi connectivity index (χ1n) is 32.9. The zero-order valence-electron chi connectivity index (χ0n) is 62.1. The van der Waals surface area contributed by atoms with Crippen LogP contribution < -0.4 is 0 Å². The van der Waals surface area contributed by atoms with Gasteiger partial charge in [0.15, 0.2) is 0 Å². The van der Waals surface area contributed by atoms with E-state index in [1.165, 1.54) is 6.92 Å². The van der Waals surface area contributed by atoms with Crippen molar-refractivity contribution >= 4 is 17.9 Å². The van der Waals surface area contributed by atoms with Gasteiger partial charge in [0.2, 0.25) is 5.91 Å². The van der Waals surface area contributed by atoms with E-state index < -0.39 is 239 Å². The van der Waals surface area contributed by atoms with E-state index in [2.05, 4.69) is 87.9 Å². The van der Waals surface area contributed by atoms with Gasteiger partial charge in [0, 0.05) is 72.2 Å². The molecule has 0 rings (SSSR count). The fourth-order valence-corrected chi connectivity index (χ4v) is 9.09. The van der Waals surface area contributed by atoms with E-state index in [1.807, 2.05) is 0 Å². The minimum absolute atomic E-state index is 0.110. The lowest BCUT2D eigenvalue weighted by atomic mass is 9.73. The van der Waals surface area contributed by atoms with Crippen molar-refractivity contribution in [1.29, 1.82) is 0 Å². The number of carbonyl (C=O) groups excluding carboxylic acids is 3. The molecule has 0 radical (unpaired) electrons. The molecule has 0 aliphatic heterocycles. The van der Waals surface area contributed by atoms with Crippen LogP contribution in [0.4, 0.5) is 167 Å². The summed E-state index contributed by atoms with van der Waals surface area (Å²) in [7, 11) is 0. The molecule has 0 aliphatic carbocycles. The van der Waals surface area contributed by atoms with Gasteiger partial charge in [-0.1, -0.05) is 37.1 Å². The molecule has 0 aliphatic rings. The van der Waals surface area contributed by atoms with Gasteiger partial charge in [-0.05, 0) is 63.7 Å². The number of carbonyl (C=O) groups is 3. The van der Waals surface area contributed by atoms with Crippen molar-refractivity contribution in [3.05, 3.63) is 50.6 Å². The van der Waals surface area contributed by atoms with Crippen molar-refractivity contribution in [2.45, 2.75) is 196 Å². The fourth-order valence-electron chi connectivity index (χ4n) is 9.09. The van der Waals surface area contributed by atoms with Crippen molar-refractivity contribution < 1.29 is 248 Å². The van der Waals surface area contributed by atoms with E-state index in [0.29, 0.717) is 49.8 Å². The van der Waals surface area contributed by atoms with Crippen molar-refractivity contribution in [2.24, 2.45) is 10.8 Å². The molecule has 0 N–H and O–H groups in total. The lowest BCUT2D eigenvalue weighted by Crippen LogP contribution is -2.55. The van der Waals surface area contributed by atoms with Crippen LogP contribution in [0.25, 0.3) is 0 Å². The Labute approximate surface area is 650 Å². The predicted molar refractivity (Wildman–Crippen MR) is 325 cm³/mol. The molecule has 0 aromatic rings. The minimum Gasteiger partial charge on any atom is -0.373 e. The molecule has 0 spiro atoms. The average molecular weight is 1850 g/mol. The summed E-state index contributed by atoms with van der Waals surface area (Å²) in [5.74, 6) is -4.58. The predicted octanol–water partition coefficient (Wildman–Crippen LogP) is 19.0. The number of alkyl halides is 37. The molecule has 0 heterocycles. The smallest absolute Gasteiger partial charge is 0.373 e. The molecule has 0 unspecified atom stereocenters. The Bertz CT molecular complexity index is 2950. The molecule has 0 saturated heterocycles. The molecule has 0 fully saturated rings. The van der Waals surface area contributed by atoms with Gasteiger partial charge in [-0.2, -0.15) is 167 Å². The summed E-state index contributed by atoms with van der Waals surface area (Å²) in [4.78, 5) is 36.0. The monoisotopic (exact) mass is 1850 g/mol. The molecule has 57 heteroatoms. The molecule has 0 aromatic carbocycles. The maximum Gasteiger partial charge on any atom is 0.483 e. The topological polar surface area (TPSA) is 187 Å². The van der Waals surface area contributed by atoms with Crippen molar-refractivity contribution in [2.75, 3.05) is 119 Å². The standard InChI is InChI=1S/C33H40F22N2O10.C23H33F11O4.C6H7F5O3/c1-5-7-25(8-6-2,14-56(9-11-60-17-27(41,42)64-23(3,34)35)21(58)13-62-19-28(43,44)65-24(4,36)37)15-57(10-12-61-18-30(47,48)67-33(54,55)32(51,52)53)22(59)31(49,50)66-29(45,46)20-63-16-26(38,39)40;1-4-10-19(11-5-2,12-6-8-14-35-16-20(26,27)37-18(3,24)25)13-7-9-15-36-17-21(28,29)38-23(33,34)22(30,31)32;1-2-13-3-5(8,9)14-6(10,11)4(7)12/h5-6H,1-2,7-20H2,3-4H3;4-5H,1-2,6-17H2,3H3;2-3H2,1H3. The molecular formula is C62H80F38N2O17. The van der Waals surface area contributed by atoms with E-state index >= 15 is 8.78 Å². The number of ether oxygens (including phenoxy) is 14. The van der Waals surface area contributed by atoms with Gasteiger partial charge in [-0.25, -0.2) is 18.9 Å². The summed E-state index contributed by atoms with van der Waals surface area (Å²) >= 11 is 0. The average Bonchev–Trinajstić information content (AvgIpc) is 0.802. The molecular weight excluding hydrogens is 1770 g/mol. The molecule has 119 heavy (non-hydrogen) atoms. The van der Waals surface area contributed by atoms with Crippen molar-refractivity contribution in [1.82, 2.24) is 9.80 Å². The number of allylic oxidation sites excluding steroid dienone is 4. The molecule has 0 saturated carbocycles. The van der Waals surface area contributed by atoms with Gasteiger partial charge in [-0.15, -0.1) is 26.3 Å². The van der Waals surface area contributed by atoms with Crippen LogP contribution in [-0.2, 0) is 80.7 Å². The summed E-state index contributed by atoms with van der Waals surface area (Å²) in [5, 5.41) is 0. The molecule has 0 aromatic heterocycles. The number of unbranched alkanes of at least 4 members (excludes halogenated alkanes) is 2. The third kappa shape index (κ3) is 54.6. The third-order valence-electron chi connectivity index (χ3n) is 13.3. The second-order valence-electron chi connectivity index (χ2n) is 24.8. The van der Waals surface area contributed by atoms with E-state index in [9.17, 15) is 172 Å². The first-order valence-corrected chi connectivity index (χ1v) is 32.9. The number of halogens is 38. The van der Waals surface area contributed by atoms with Crippen LogP contribution in [0, 0.1) is 10.8 Å². The van der Waals surface area contributed by atoms with Gasteiger partial charge >= 0.3 is 116 Å². The molecule has 2 amide bonds. The van der Waals surface area contributed by atoms with Crippen LogP contribution in [-0.4, -0.2) is 250 Å². The van der Waals surface area contributed by atoms with Crippen LogP contribution in [0.15, 0.2) is 50.6 Å². The number of amides is 2. The lowest BCUT2D eigenvalue weighted by molar-refractivity contribution is -0.460. The zero-order chi connectivity index (χ0) is 93.9. The quantitative estimate of drug-likeness (QED) is 0.0242. The number of hydrogen-bond donors (Lipinski definition) is 0. The Morgan fingerprint density at radius 2 is 0.613 bits per heavy atom. The van der Waals surface area contributed by atoms with Crippen LogP contribution in [0.5, 0.6) is 0 Å².